The second-order valence-corrected chi connectivity index (χ2v) is 9.97. The van der Waals surface area contributed by atoms with Crippen LogP contribution < -0.4 is 15.8 Å². The Balaban J connectivity index is 1.73. The van der Waals surface area contributed by atoms with Crippen LogP contribution in [0.3, 0.4) is 0 Å². The second-order valence-electron chi connectivity index (χ2n) is 7.87. The fraction of sp³-hybridized carbons (Fsp3) is 0.524. The number of hydrogen-bond acceptors (Lipinski definition) is 5. The van der Waals surface area contributed by atoms with Crippen molar-refractivity contribution < 1.29 is 13.2 Å². The fourth-order valence-electron chi connectivity index (χ4n) is 4.07. The molecule has 0 radical (unpaired) electrons. The highest BCUT2D eigenvalue weighted by Crippen LogP contribution is 2.33. The van der Waals surface area contributed by atoms with E-state index in [-0.39, 0.29) is 5.75 Å². The highest BCUT2D eigenvalue weighted by molar-refractivity contribution is 7.89. The lowest BCUT2D eigenvalue weighted by Crippen LogP contribution is -2.51. The SMILES string of the molecule is CCS(=O)(=O)NCCCN1CCc2c(cccc2C2(NC(N)=O)C=CC(C)=NC2)C1. The number of dihydropyridines is 1. The third-order valence-corrected chi connectivity index (χ3v) is 7.12. The van der Waals surface area contributed by atoms with Crippen molar-refractivity contribution in [2.75, 3.05) is 31.9 Å². The molecular weight excluding hydrogens is 402 g/mol. The highest BCUT2D eigenvalue weighted by Gasteiger charge is 2.35. The van der Waals surface area contributed by atoms with Crippen molar-refractivity contribution in [2.45, 2.75) is 38.8 Å². The summed E-state index contributed by atoms with van der Waals surface area (Å²) in [6.07, 6.45) is 5.52. The maximum atomic E-state index is 11.8. The van der Waals surface area contributed by atoms with E-state index >= 15 is 0 Å². The normalized spacial score (nSPS) is 21.7. The number of allylic oxidation sites excluding steroid dienone is 1. The molecule has 0 fully saturated rings. The van der Waals surface area contributed by atoms with Gasteiger partial charge >= 0.3 is 6.03 Å². The van der Waals surface area contributed by atoms with E-state index in [4.69, 9.17) is 5.73 Å². The number of urea groups is 1. The zero-order valence-electron chi connectivity index (χ0n) is 17.6. The van der Waals surface area contributed by atoms with Crippen LogP contribution in [-0.2, 0) is 28.5 Å². The molecule has 1 atom stereocenters. The topological polar surface area (TPSA) is 117 Å². The van der Waals surface area contributed by atoms with E-state index in [2.05, 4.69) is 26.0 Å². The molecule has 0 aliphatic carbocycles. The van der Waals surface area contributed by atoms with Gasteiger partial charge in [-0.1, -0.05) is 24.3 Å². The standard InChI is InChI=1S/C21H31N5O3S/c1-3-30(28,29)24-11-5-12-26-13-9-18-17(14-26)6-4-7-19(18)21(25-20(22)27)10-8-16(2)23-15-21/h4,6-8,10,24H,3,5,9,11-15H2,1-2H3,(H3,22,25,27). The van der Waals surface area contributed by atoms with E-state index in [1.807, 2.05) is 31.2 Å². The van der Waals surface area contributed by atoms with Crippen molar-refractivity contribution >= 4 is 21.8 Å². The first kappa shape index (κ1) is 22.5. The Morgan fingerprint density at radius 2 is 2.17 bits per heavy atom. The lowest BCUT2D eigenvalue weighted by atomic mass is 9.80. The molecule has 2 heterocycles. The van der Waals surface area contributed by atoms with Crippen LogP contribution in [0.2, 0.25) is 0 Å². The summed E-state index contributed by atoms with van der Waals surface area (Å²) in [5.74, 6) is 0.103. The van der Waals surface area contributed by atoms with Crippen LogP contribution >= 0.6 is 0 Å². The molecule has 1 aromatic rings. The number of rotatable bonds is 8. The van der Waals surface area contributed by atoms with Gasteiger partial charge in [-0.2, -0.15) is 0 Å². The molecule has 3 rings (SSSR count). The smallest absolute Gasteiger partial charge is 0.313 e. The van der Waals surface area contributed by atoms with Crippen LogP contribution in [0.15, 0.2) is 35.3 Å². The number of hydrogen-bond donors (Lipinski definition) is 3. The fourth-order valence-corrected chi connectivity index (χ4v) is 4.73. The van der Waals surface area contributed by atoms with Gasteiger partial charge < -0.3 is 11.1 Å². The van der Waals surface area contributed by atoms with E-state index in [1.165, 1.54) is 11.1 Å². The lowest BCUT2D eigenvalue weighted by Gasteiger charge is -2.37. The van der Waals surface area contributed by atoms with Gasteiger partial charge in [0.05, 0.1) is 12.3 Å². The Bertz CT molecular complexity index is 957. The van der Waals surface area contributed by atoms with Gasteiger partial charge in [0.15, 0.2) is 0 Å². The number of benzene rings is 1. The molecule has 2 amide bonds. The molecule has 4 N–H and O–H groups in total. The Morgan fingerprint density at radius 3 is 2.83 bits per heavy atom. The lowest BCUT2D eigenvalue weighted by molar-refractivity contribution is 0.238. The molecule has 0 bridgehead atoms. The van der Waals surface area contributed by atoms with Crippen LogP contribution in [0, 0.1) is 0 Å². The molecule has 1 unspecified atom stereocenters. The Morgan fingerprint density at radius 1 is 1.37 bits per heavy atom. The minimum absolute atomic E-state index is 0.103. The third-order valence-electron chi connectivity index (χ3n) is 5.71. The average molecular weight is 434 g/mol. The molecule has 1 aromatic carbocycles. The summed E-state index contributed by atoms with van der Waals surface area (Å²) in [5, 5.41) is 2.92. The van der Waals surface area contributed by atoms with Crippen LogP contribution in [0.4, 0.5) is 4.79 Å². The predicted octanol–water partition coefficient (Wildman–Crippen LogP) is 1.27. The van der Waals surface area contributed by atoms with Gasteiger partial charge in [0, 0.05) is 25.3 Å². The summed E-state index contributed by atoms with van der Waals surface area (Å²) in [7, 11) is -3.14. The van der Waals surface area contributed by atoms with Crippen LogP contribution in [-0.4, -0.2) is 57.0 Å². The zero-order valence-corrected chi connectivity index (χ0v) is 18.5. The van der Waals surface area contributed by atoms with Gasteiger partial charge in [0.25, 0.3) is 0 Å². The predicted molar refractivity (Wildman–Crippen MR) is 119 cm³/mol. The van der Waals surface area contributed by atoms with E-state index < -0.39 is 21.6 Å². The molecule has 0 aromatic heterocycles. The van der Waals surface area contributed by atoms with E-state index in [1.54, 1.807) is 6.92 Å². The summed E-state index contributed by atoms with van der Waals surface area (Å²) in [5.41, 5.74) is 9.19. The summed E-state index contributed by atoms with van der Waals surface area (Å²) < 4.78 is 25.7. The summed E-state index contributed by atoms with van der Waals surface area (Å²) in [6, 6.07) is 5.60. The number of primary amides is 1. The minimum Gasteiger partial charge on any atom is -0.352 e. The molecule has 0 saturated carbocycles. The van der Waals surface area contributed by atoms with Crippen molar-refractivity contribution in [1.29, 1.82) is 0 Å². The number of amides is 2. The maximum Gasteiger partial charge on any atom is 0.313 e. The van der Waals surface area contributed by atoms with Gasteiger partial charge in [0.1, 0.15) is 5.54 Å². The van der Waals surface area contributed by atoms with E-state index in [0.29, 0.717) is 13.1 Å². The zero-order chi connectivity index (χ0) is 21.8. The average Bonchev–Trinajstić information content (AvgIpc) is 2.72. The van der Waals surface area contributed by atoms with Crippen LogP contribution in [0.1, 0.15) is 37.0 Å². The summed E-state index contributed by atoms with van der Waals surface area (Å²) >= 11 is 0. The molecule has 9 heteroatoms. The monoisotopic (exact) mass is 433 g/mol. The van der Waals surface area contributed by atoms with Gasteiger partial charge in [-0.05, 0) is 56.0 Å². The molecule has 0 saturated heterocycles. The third kappa shape index (κ3) is 5.27. The van der Waals surface area contributed by atoms with Gasteiger partial charge in [0.2, 0.25) is 10.0 Å². The van der Waals surface area contributed by atoms with Gasteiger partial charge in [-0.25, -0.2) is 17.9 Å². The largest absolute Gasteiger partial charge is 0.352 e. The Kier molecular flexibility index (Phi) is 6.95. The molecule has 8 nitrogen and oxygen atoms in total. The second kappa shape index (κ2) is 9.28. The Labute approximate surface area is 178 Å². The molecule has 0 spiro atoms. The van der Waals surface area contributed by atoms with Gasteiger partial charge in [-0.15, -0.1) is 0 Å². The molecule has 2 aliphatic rings. The number of carbonyl (C=O) groups excluding carboxylic acids is 1. The molecule has 2 aliphatic heterocycles. The summed E-state index contributed by atoms with van der Waals surface area (Å²) in [4.78, 5) is 18.6. The van der Waals surface area contributed by atoms with Gasteiger partial charge in [-0.3, -0.25) is 9.89 Å². The number of sulfonamides is 1. The Hall–Kier alpha value is -2.23. The van der Waals surface area contributed by atoms with Crippen molar-refractivity contribution in [3.05, 3.63) is 47.0 Å². The molecule has 164 valence electrons. The molecule has 30 heavy (non-hydrogen) atoms. The quantitative estimate of drug-likeness (QED) is 0.535. The number of carbonyl (C=O) groups is 1. The number of fused-ring (bicyclic) bond motifs is 1. The number of nitrogens with zero attached hydrogens (tertiary/aromatic N) is 2. The van der Waals surface area contributed by atoms with Crippen LogP contribution in [0.25, 0.3) is 0 Å². The summed E-state index contributed by atoms with van der Waals surface area (Å²) in [6.45, 7) is 6.94. The van der Waals surface area contributed by atoms with Crippen LogP contribution in [0.5, 0.6) is 0 Å². The van der Waals surface area contributed by atoms with E-state index in [0.717, 1.165) is 43.8 Å². The first-order valence-corrected chi connectivity index (χ1v) is 12.0. The minimum atomic E-state index is -3.14. The first-order valence-electron chi connectivity index (χ1n) is 10.3. The maximum absolute atomic E-state index is 11.8. The number of nitrogens with two attached hydrogens (primary N) is 1. The first-order chi connectivity index (χ1) is 14.2. The van der Waals surface area contributed by atoms with Crippen molar-refractivity contribution in [1.82, 2.24) is 14.9 Å². The van der Waals surface area contributed by atoms with E-state index in [9.17, 15) is 13.2 Å². The number of aliphatic imine (C=N–C) groups is 1. The van der Waals surface area contributed by atoms with Crippen molar-refractivity contribution in [3.8, 4) is 0 Å². The number of nitrogens with one attached hydrogen (secondary N) is 2. The highest BCUT2D eigenvalue weighted by atomic mass is 32.2. The van der Waals surface area contributed by atoms with Crippen molar-refractivity contribution in [3.63, 3.8) is 0 Å². The van der Waals surface area contributed by atoms with Crippen molar-refractivity contribution in [2.24, 2.45) is 10.7 Å². The molecular formula is C21H31N5O3S.